The number of aliphatic hydroxyl groups is 1. The minimum Gasteiger partial charge on any atom is -0.503 e. The average Bonchev–Trinajstić information content (AvgIpc) is 3.47. The number of ketones is 1. The maximum absolute atomic E-state index is 14.1. The van der Waals surface area contributed by atoms with Gasteiger partial charge < -0.3 is 5.11 Å². The fraction of sp³-hybridized carbons (Fsp3) is 0.125. The van der Waals surface area contributed by atoms with Gasteiger partial charge in [-0.05, 0) is 60.2 Å². The van der Waals surface area contributed by atoms with Crippen molar-refractivity contribution < 1.29 is 19.1 Å². The second kappa shape index (κ2) is 7.65. The number of aromatic nitrogens is 1. The third-order valence-electron chi connectivity index (χ3n) is 5.39. The molecule has 0 fully saturated rings. The molecule has 0 spiro atoms. The number of thiazole rings is 1. The van der Waals surface area contributed by atoms with Gasteiger partial charge in [0.15, 0.2) is 10.9 Å². The Morgan fingerprint density at radius 2 is 1.97 bits per heavy atom. The van der Waals surface area contributed by atoms with E-state index in [1.165, 1.54) is 45.8 Å². The lowest BCUT2D eigenvalue weighted by molar-refractivity contribution is -0.117. The van der Waals surface area contributed by atoms with E-state index in [0.717, 1.165) is 21.3 Å². The van der Waals surface area contributed by atoms with E-state index in [4.69, 9.17) is 0 Å². The second-order valence-electron chi connectivity index (χ2n) is 7.63. The highest BCUT2D eigenvalue weighted by atomic mass is 32.1. The molecule has 5 rings (SSSR count). The predicted molar refractivity (Wildman–Crippen MR) is 124 cm³/mol. The van der Waals surface area contributed by atoms with Crippen molar-refractivity contribution in [3.05, 3.63) is 92.6 Å². The lowest BCUT2D eigenvalue weighted by atomic mass is 9.95. The van der Waals surface area contributed by atoms with Crippen molar-refractivity contribution in [1.29, 1.82) is 0 Å². The van der Waals surface area contributed by atoms with E-state index in [2.05, 4.69) is 4.98 Å². The highest BCUT2D eigenvalue weighted by molar-refractivity contribution is 7.22. The first-order valence-electron chi connectivity index (χ1n) is 9.83. The molecule has 1 amide bonds. The minimum absolute atomic E-state index is 0.0739. The van der Waals surface area contributed by atoms with Crippen molar-refractivity contribution in [2.75, 3.05) is 4.90 Å². The molecule has 0 radical (unpaired) electrons. The lowest BCUT2D eigenvalue weighted by Gasteiger charge is -2.24. The largest absolute Gasteiger partial charge is 0.503 e. The van der Waals surface area contributed by atoms with E-state index in [1.807, 2.05) is 26.0 Å². The fourth-order valence-electron chi connectivity index (χ4n) is 4.03. The number of aliphatic hydroxyl groups excluding tert-OH is 1. The van der Waals surface area contributed by atoms with Crippen LogP contribution in [0, 0.1) is 19.7 Å². The summed E-state index contributed by atoms with van der Waals surface area (Å²) in [5, 5.41) is 12.9. The molecule has 1 atom stereocenters. The molecule has 5 nitrogen and oxygen atoms in total. The van der Waals surface area contributed by atoms with Crippen LogP contribution >= 0.6 is 22.7 Å². The molecule has 160 valence electrons. The maximum Gasteiger partial charge on any atom is 0.296 e. The third kappa shape index (κ3) is 3.23. The van der Waals surface area contributed by atoms with E-state index in [-0.39, 0.29) is 5.57 Å². The van der Waals surface area contributed by atoms with Crippen LogP contribution < -0.4 is 4.90 Å². The molecule has 2 aromatic heterocycles. The van der Waals surface area contributed by atoms with Crippen molar-refractivity contribution >= 4 is 49.7 Å². The molecule has 1 aliphatic heterocycles. The number of rotatable bonds is 4. The van der Waals surface area contributed by atoms with Crippen molar-refractivity contribution in [3.63, 3.8) is 0 Å². The van der Waals surface area contributed by atoms with Gasteiger partial charge in [0.25, 0.3) is 5.91 Å². The molecule has 3 heterocycles. The van der Waals surface area contributed by atoms with Crippen LogP contribution in [0.15, 0.2) is 65.2 Å². The van der Waals surface area contributed by atoms with Gasteiger partial charge in [-0.15, -0.1) is 11.3 Å². The number of Topliss-reactive ketones (excluding diaryl/α,β-unsaturated/α-hetero) is 1. The maximum atomic E-state index is 14.1. The number of benzene rings is 2. The van der Waals surface area contributed by atoms with Gasteiger partial charge in [0, 0.05) is 0 Å². The number of halogens is 1. The molecule has 0 saturated heterocycles. The number of hydrogen-bond donors (Lipinski definition) is 1. The van der Waals surface area contributed by atoms with Gasteiger partial charge >= 0.3 is 0 Å². The summed E-state index contributed by atoms with van der Waals surface area (Å²) in [5.41, 5.74) is 3.08. The zero-order chi connectivity index (χ0) is 22.6. The van der Waals surface area contributed by atoms with E-state index in [1.54, 1.807) is 23.6 Å². The van der Waals surface area contributed by atoms with Gasteiger partial charge in [-0.3, -0.25) is 14.5 Å². The van der Waals surface area contributed by atoms with Crippen LogP contribution in [-0.4, -0.2) is 21.8 Å². The van der Waals surface area contributed by atoms with Crippen LogP contribution in [0.25, 0.3) is 10.2 Å². The van der Waals surface area contributed by atoms with Crippen LogP contribution in [0.3, 0.4) is 0 Å². The van der Waals surface area contributed by atoms with Crippen molar-refractivity contribution in [3.8, 4) is 0 Å². The average molecular weight is 465 g/mol. The molecule has 0 bridgehead atoms. The molecule has 0 saturated carbocycles. The molecular formula is C24H17FN2O3S2. The van der Waals surface area contributed by atoms with Gasteiger partial charge in [0.2, 0.25) is 5.78 Å². The van der Waals surface area contributed by atoms with Crippen LogP contribution in [-0.2, 0) is 4.79 Å². The fourth-order valence-corrected chi connectivity index (χ4v) is 5.88. The second-order valence-corrected chi connectivity index (χ2v) is 9.58. The van der Waals surface area contributed by atoms with Crippen molar-refractivity contribution in [2.45, 2.75) is 19.9 Å². The minimum atomic E-state index is -0.991. The first kappa shape index (κ1) is 20.5. The van der Waals surface area contributed by atoms with Gasteiger partial charge in [0.05, 0.1) is 26.7 Å². The van der Waals surface area contributed by atoms with Crippen LogP contribution in [0.2, 0.25) is 0 Å². The third-order valence-corrected chi connectivity index (χ3v) is 7.26. The number of anilines is 1. The standard InChI is InChI=1S/C24H17FN2O3S2/c1-12-9-13(2)19-17(10-12)32-24(26-19)27-20(14-5-3-6-15(25)11-14)18(22(29)23(27)30)21(28)16-7-4-8-31-16/h3-11,20,29H,1-2H3. The van der Waals surface area contributed by atoms with E-state index in [9.17, 15) is 19.1 Å². The summed E-state index contributed by atoms with van der Waals surface area (Å²) < 4.78 is 15.0. The number of hydrogen-bond acceptors (Lipinski definition) is 6. The Morgan fingerprint density at radius 3 is 2.69 bits per heavy atom. The lowest BCUT2D eigenvalue weighted by Crippen LogP contribution is -2.31. The molecule has 8 heteroatoms. The zero-order valence-electron chi connectivity index (χ0n) is 17.1. The van der Waals surface area contributed by atoms with Gasteiger partial charge in [-0.1, -0.05) is 35.6 Å². The molecule has 1 unspecified atom stereocenters. The summed E-state index contributed by atoms with van der Waals surface area (Å²) in [7, 11) is 0. The number of carbonyl (C=O) groups excluding carboxylic acids is 2. The Hall–Kier alpha value is -3.36. The Kier molecular flexibility index (Phi) is 4.91. The number of carbonyl (C=O) groups is 2. The van der Waals surface area contributed by atoms with E-state index in [0.29, 0.717) is 15.6 Å². The van der Waals surface area contributed by atoms with Crippen molar-refractivity contribution in [1.82, 2.24) is 4.98 Å². The summed E-state index contributed by atoms with van der Waals surface area (Å²) in [6.07, 6.45) is 0. The summed E-state index contributed by atoms with van der Waals surface area (Å²) in [6, 6.07) is 12.1. The number of amides is 1. The summed E-state index contributed by atoms with van der Waals surface area (Å²) in [5.74, 6) is -2.33. The van der Waals surface area contributed by atoms with Gasteiger partial charge in [-0.2, -0.15) is 0 Å². The molecule has 32 heavy (non-hydrogen) atoms. The van der Waals surface area contributed by atoms with Crippen molar-refractivity contribution in [2.24, 2.45) is 0 Å². The highest BCUT2D eigenvalue weighted by Crippen LogP contribution is 2.45. The van der Waals surface area contributed by atoms with Crippen LogP contribution in [0.4, 0.5) is 9.52 Å². The van der Waals surface area contributed by atoms with E-state index >= 15 is 0 Å². The van der Waals surface area contributed by atoms with E-state index < -0.39 is 29.3 Å². The Morgan fingerprint density at radius 1 is 1.16 bits per heavy atom. The molecule has 4 aromatic rings. The summed E-state index contributed by atoms with van der Waals surface area (Å²) >= 11 is 2.51. The van der Waals surface area contributed by atoms with Gasteiger partial charge in [0.1, 0.15) is 5.82 Å². The Labute approximate surface area is 191 Å². The highest BCUT2D eigenvalue weighted by Gasteiger charge is 2.46. The smallest absolute Gasteiger partial charge is 0.296 e. The topological polar surface area (TPSA) is 70.5 Å². The normalized spacial score (nSPS) is 16.4. The first-order chi connectivity index (χ1) is 15.3. The SMILES string of the molecule is Cc1cc(C)c2nc(N3C(=O)C(O)=C(C(=O)c4cccs4)C3c3cccc(F)c3)sc2c1. The quantitative estimate of drug-likeness (QED) is 0.382. The molecule has 1 aliphatic rings. The van der Waals surface area contributed by atoms with Gasteiger partial charge in [-0.25, -0.2) is 9.37 Å². The molecule has 0 aliphatic carbocycles. The van der Waals surface area contributed by atoms with Crippen LogP contribution in [0.1, 0.15) is 32.4 Å². The monoisotopic (exact) mass is 464 g/mol. The Balaban J connectivity index is 1.71. The Bertz CT molecular complexity index is 1420. The number of fused-ring (bicyclic) bond motifs is 1. The number of thiophene rings is 1. The predicted octanol–water partition coefficient (Wildman–Crippen LogP) is 5.90. The summed E-state index contributed by atoms with van der Waals surface area (Å²) in [6.45, 7) is 3.92. The molecule has 1 N–H and O–H groups in total. The first-order valence-corrected chi connectivity index (χ1v) is 11.5. The molecular weight excluding hydrogens is 447 g/mol. The number of aryl methyl sites for hydroxylation is 2. The zero-order valence-corrected chi connectivity index (χ0v) is 18.8. The number of nitrogens with zero attached hydrogens (tertiary/aromatic N) is 2. The molecule has 2 aromatic carbocycles. The van der Waals surface area contributed by atoms with Crippen LogP contribution in [0.5, 0.6) is 0 Å². The summed E-state index contributed by atoms with van der Waals surface area (Å²) in [4.78, 5) is 32.9.